The maximum atomic E-state index is 6.37. The monoisotopic (exact) mass is 286 g/mol. The van der Waals surface area contributed by atoms with Crippen LogP contribution in [0.3, 0.4) is 0 Å². The highest BCUT2D eigenvalue weighted by molar-refractivity contribution is 6.31. The van der Waals surface area contributed by atoms with Gasteiger partial charge in [0.25, 0.3) is 0 Å². The number of aryl methyl sites for hydroxylation is 1. The molecule has 1 aliphatic heterocycles. The Morgan fingerprint density at radius 1 is 1.15 bits per heavy atom. The van der Waals surface area contributed by atoms with Crippen LogP contribution in [-0.4, -0.2) is 13.1 Å². The Labute approximate surface area is 125 Å². The third kappa shape index (κ3) is 2.54. The Kier molecular flexibility index (Phi) is 3.95. The largest absolute Gasteiger partial charge is 0.341 e. The molecule has 0 saturated heterocycles. The lowest BCUT2D eigenvalue weighted by Crippen LogP contribution is -2.24. The number of halogens is 1. The van der Waals surface area contributed by atoms with Gasteiger partial charge in [-0.2, -0.15) is 0 Å². The van der Waals surface area contributed by atoms with Crippen LogP contribution >= 0.6 is 11.6 Å². The van der Waals surface area contributed by atoms with E-state index in [-0.39, 0.29) is 0 Å². The van der Waals surface area contributed by atoms with Crippen LogP contribution in [0.1, 0.15) is 17.5 Å². The predicted molar refractivity (Wildman–Crippen MR) is 86.0 cm³/mol. The maximum absolute atomic E-state index is 6.37. The normalized spacial score (nSPS) is 14.2. The van der Waals surface area contributed by atoms with Gasteiger partial charge < -0.3 is 10.6 Å². The molecular formula is C17H19ClN2. The fourth-order valence-electron chi connectivity index (χ4n) is 2.86. The molecule has 0 unspecified atom stereocenters. The fraction of sp³-hybridized carbons (Fsp3) is 0.294. The molecule has 0 amide bonds. The molecule has 2 N–H and O–H groups in total. The minimum Gasteiger partial charge on any atom is -0.341 e. The highest BCUT2D eigenvalue weighted by atomic mass is 35.5. The van der Waals surface area contributed by atoms with Gasteiger partial charge in [0.2, 0.25) is 0 Å². The second-order valence-corrected chi connectivity index (χ2v) is 5.61. The lowest BCUT2D eigenvalue weighted by molar-refractivity contribution is 0.766. The van der Waals surface area contributed by atoms with Gasteiger partial charge in [0.15, 0.2) is 0 Å². The van der Waals surface area contributed by atoms with Gasteiger partial charge >= 0.3 is 0 Å². The summed E-state index contributed by atoms with van der Waals surface area (Å²) in [6.07, 6.45) is 3.17. The lowest BCUT2D eigenvalue weighted by Gasteiger charge is -2.31. The van der Waals surface area contributed by atoms with E-state index in [2.05, 4.69) is 47.4 Å². The van der Waals surface area contributed by atoms with E-state index in [1.165, 1.54) is 23.4 Å². The molecule has 0 saturated carbocycles. The summed E-state index contributed by atoms with van der Waals surface area (Å²) in [5, 5.41) is 0.816. The van der Waals surface area contributed by atoms with Gasteiger partial charge in [0.1, 0.15) is 0 Å². The predicted octanol–water partition coefficient (Wildman–Crippen LogP) is 3.93. The van der Waals surface area contributed by atoms with Crippen LogP contribution in [0.4, 0.5) is 11.4 Å². The Bertz CT molecular complexity index is 610. The Morgan fingerprint density at radius 3 is 2.80 bits per heavy atom. The first-order valence-electron chi connectivity index (χ1n) is 7.13. The number of benzene rings is 2. The van der Waals surface area contributed by atoms with Crippen molar-refractivity contribution in [2.45, 2.75) is 19.3 Å². The molecule has 2 aromatic carbocycles. The molecule has 1 heterocycles. The third-order valence-corrected chi connectivity index (χ3v) is 4.22. The van der Waals surface area contributed by atoms with Gasteiger partial charge in [0, 0.05) is 22.9 Å². The molecule has 0 aromatic heterocycles. The van der Waals surface area contributed by atoms with E-state index in [0.717, 1.165) is 30.0 Å². The number of nitrogens with zero attached hydrogens (tertiary/aromatic N) is 1. The van der Waals surface area contributed by atoms with Crippen LogP contribution in [0.15, 0.2) is 42.5 Å². The van der Waals surface area contributed by atoms with Crippen molar-refractivity contribution in [2.24, 2.45) is 5.73 Å². The summed E-state index contributed by atoms with van der Waals surface area (Å²) in [4.78, 5) is 2.36. The Balaban J connectivity index is 1.96. The molecule has 0 radical (unpaired) electrons. The molecule has 1 aliphatic rings. The molecule has 0 fully saturated rings. The van der Waals surface area contributed by atoms with Crippen LogP contribution in [-0.2, 0) is 12.8 Å². The molecule has 0 bridgehead atoms. The summed E-state index contributed by atoms with van der Waals surface area (Å²) in [5.74, 6) is 0. The summed E-state index contributed by atoms with van der Waals surface area (Å²) < 4.78 is 0. The van der Waals surface area contributed by atoms with Crippen molar-refractivity contribution >= 4 is 23.0 Å². The lowest BCUT2D eigenvalue weighted by atomic mass is 10.0. The Hall–Kier alpha value is -1.51. The smallest absolute Gasteiger partial charge is 0.0459 e. The number of anilines is 2. The van der Waals surface area contributed by atoms with Crippen LogP contribution in [0.25, 0.3) is 0 Å². The summed E-state index contributed by atoms with van der Waals surface area (Å²) in [7, 11) is 0. The van der Waals surface area contributed by atoms with Gasteiger partial charge in [-0.3, -0.25) is 0 Å². The second kappa shape index (κ2) is 5.86. The topological polar surface area (TPSA) is 29.3 Å². The number of hydrogen-bond donors (Lipinski definition) is 1. The number of nitrogens with two attached hydrogens (primary N) is 1. The minimum atomic E-state index is 0.631. The molecule has 0 spiro atoms. The molecule has 20 heavy (non-hydrogen) atoms. The van der Waals surface area contributed by atoms with Crippen molar-refractivity contribution in [1.29, 1.82) is 0 Å². The van der Waals surface area contributed by atoms with E-state index in [9.17, 15) is 0 Å². The van der Waals surface area contributed by atoms with E-state index in [1.807, 2.05) is 0 Å². The number of fused-ring (bicyclic) bond motifs is 1. The third-order valence-electron chi connectivity index (χ3n) is 3.87. The zero-order chi connectivity index (χ0) is 13.9. The highest BCUT2D eigenvalue weighted by Gasteiger charge is 2.18. The van der Waals surface area contributed by atoms with Gasteiger partial charge in [-0.15, -0.1) is 0 Å². The minimum absolute atomic E-state index is 0.631. The van der Waals surface area contributed by atoms with Crippen molar-refractivity contribution < 1.29 is 0 Å². The summed E-state index contributed by atoms with van der Waals surface area (Å²) in [5.41, 5.74) is 10.6. The van der Waals surface area contributed by atoms with Gasteiger partial charge in [0.05, 0.1) is 0 Å². The molecule has 3 heteroatoms. The first-order valence-corrected chi connectivity index (χ1v) is 7.51. The van der Waals surface area contributed by atoms with Crippen molar-refractivity contribution in [3.63, 3.8) is 0 Å². The van der Waals surface area contributed by atoms with Gasteiger partial charge in [-0.1, -0.05) is 35.9 Å². The fourth-order valence-corrected chi connectivity index (χ4v) is 3.13. The molecule has 2 aromatic rings. The summed E-state index contributed by atoms with van der Waals surface area (Å²) in [6, 6.07) is 14.9. The summed E-state index contributed by atoms with van der Waals surface area (Å²) >= 11 is 6.37. The molecule has 104 valence electrons. The average Bonchev–Trinajstić information content (AvgIpc) is 2.49. The van der Waals surface area contributed by atoms with E-state index in [0.29, 0.717) is 6.54 Å². The molecule has 2 nitrogen and oxygen atoms in total. The maximum Gasteiger partial charge on any atom is 0.0459 e. The van der Waals surface area contributed by atoms with Crippen LogP contribution in [0.5, 0.6) is 0 Å². The number of rotatable bonds is 3. The zero-order valence-electron chi connectivity index (χ0n) is 11.5. The van der Waals surface area contributed by atoms with E-state index >= 15 is 0 Å². The molecule has 0 aliphatic carbocycles. The average molecular weight is 287 g/mol. The summed E-state index contributed by atoms with van der Waals surface area (Å²) in [6.45, 7) is 1.68. The van der Waals surface area contributed by atoms with Crippen molar-refractivity contribution in [3.05, 3.63) is 58.6 Å². The van der Waals surface area contributed by atoms with E-state index in [4.69, 9.17) is 17.3 Å². The van der Waals surface area contributed by atoms with E-state index < -0.39 is 0 Å². The SMILES string of the molecule is NCCc1ccc(N2CCCc3ccccc32)cc1Cl. The molecule has 3 rings (SSSR count). The van der Waals surface area contributed by atoms with Crippen molar-refractivity contribution in [1.82, 2.24) is 0 Å². The zero-order valence-corrected chi connectivity index (χ0v) is 12.2. The van der Waals surface area contributed by atoms with Crippen molar-refractivity contribution in [2.75, 3.05) is 18.0 Å². The van der Waals surface area contributed by atoms with Crippen LogP contribution < -0.4 is 10.6 Å². The highest BCUT2D eigenvalue weighted by Crippen LogP contribution is 2.35. The first-order chi connectivity index (χ1) is 9.79. The van der Waals surface area contributed by atoms with Crippen LogP contribution in [0.2, 0.25) is 5.02 Å². The standard InChI is InChI=1S/C17H19ClN2/c18-16-12-15(8-7-13(16)9-10-19)20-11-3-5-14-4-1-2-6-17(14)20/h1-2,4,6-8,12H,3,5,9-11,19H2. The molecular weight excluding hydrogens is 268 g/mol. The van der Waals surface area contributed by atoms with Gasteiger partial charge in [-0.25, -0.2) is 0 Å². The Morgan fingerprint density at radius 2 is 2.00 bits per heavy atom. The van der Waals surface area contributed by atoms with Crippen LogP contribution in [0, 0.1) is 0 Å². The van der Waals surface area contributed by atoms with E-state index in [1.54, 1.807) is 0 Å². The van der Waals surface area contributed by atoms with Gasteiger partial charge in [-0.05, 0) is 55.1 Å². The van der Waals surface area contributed by atoms with Crippen molar-refractivity contribution in [3.8, 4) is 0 Å². The first kappa shape index (κ1) is 13.5. The quantitative estimate of drug-likeness (QED) is 0.926. The molecule has 0 atom stereocenters. The number of hydrogen-bond acceptors (Lipinski definition) is 2. The number of para-hydroxylation sites is 1. The second-order valence-electron chi connectivity index (χ2n) is 5.20.